The highest BCUT2D eigenvalue weighted by molar-refractivity contribution is 7.13. The summed E-state index contributed by atoms with van der Waals surface area (Å²) < 4.78 is 42.0. The monoisotopic (exact) mass is 425 g/mol. The van der Waals surface area contributed by atoms with E-state index in [0.29, 0.717) is 28.3 Å². The summed E-state index contributed by atoms with van der Waals surface area (Å²) in [4.78, 5) is 16.5. The molecule has 2 aromatic carbocycles. The van der Waals surface area contributed by atoms with Crippen LogP contribution in [-0.4, -0.2) is 25.2 Å². The first-order valence-corrected chi connectivity index (χ1v) is 9.17. The zero-order valence-corrected chi connectivity index (χ0v) is 16.4. The number of ether oxygens (including phenoxy) is 3. The van der Waals surface area contributed by atoms with Gasteiger partial charge in [0.2, 0.25) is 0 Å². The zero-order valence-electron chi connectivity index (χ0n) is 14.8. The SMILES string of the molecule is COc1ccc(-c2nc(COC(=O)c3cc(F)c(F)cc3Cl)cs2)cc1OC. The molecule has 0 bridgehead atoms. The summed E-state index contributed by atoms with van der Waals surface area (Å²) in [5.41, 5.74) is 1.06. The largest absolute Gasteiger partial charge is 0.493 e. The van der Waals surface area contributed by atoms with Crippen LogP contribution in [0.3, 0.4) is 0 Å². The first-order chi connectivity index (χ1) is 13.4. The third-order valence-corrected chi connectivity index (χ3v) is 5.02. The Hall–Kier alpha value is -2.71. The number of nitrogens with zero attached hydrogens (tertiary/aromatic N) is 1. The molecular formula is C19H14ClF2NO4S. The number of carbonyl (C=O) groups excluding carboxylic acids is 1. The van der Waals surface area contributed by atoms with Crippen LogP contribution >= 0.6 is 22.9 Å². The molecule has 1 aromatic heterocycles. The van der Waals surface area contributed by atoms with Gasteiger partial charge in [-0.25, -0.2) is 18.6 Å². The highest BCUT2D eigenvalue weighted by Crippen LogP contribution is 2.33. The Balaban J connectivity index is 1.72. The molecule has 0 atom stereocenters. The number of thiazole rings is 1. The van der Waals surface area contributed by atoms with E-state index in [-0.39, 0.29) is 17.2 Å². The topological polar surface area (TPSA) is 57.7 Å². The number of aromatic nitrogens is 1. The predicted molar refractivity (Wildman–Crippen MR) is 101 cm³/mol. The van der Waals surface area contributed by atoms with Crippen LogP contribution in [0.1, 0.15) is 16.1 Å². The summed E-state index contributed by atoms with van der Waals surface area (Å²) in [5, 5.41) is 2.19. The second-order valence-corrected chi connectivity index (χ2v) is 6.80. The maximum Gasteiger partial charge on any atom is 0.340 e. The molecule has 0 fully saturated rings. The Morgan fingerprint density at radius 3 is 2.54 bits per heavy atom. The lowest BCUT2D eigenvalue weighted by Crippen LogP contribution is -2.07. The number of hydrogen-bond acceptors (Lipinski definition) is 6. The number of hydrogen-bond donors (Lipinski definition) is 0. The van der Waals surface area contributed by atoms with Crippen molar-refractivity contribution in [2.24, 2.45) is 0 Å². The summed E-state index contributed by atoms with van der Waals surface area (Å²) in [6, 6.07) is 6.81. The van der Waals surface area contributed by atoms with Gasteiger partial charge in [0.1, 0.15) is 11.6 Å². The Kier molecular flexibility index (Phi) is 6.11. The van der Waals surface area contributed by atoms with Crippen LogP contribution in [0.15, 0.2) is 35.7 Å². The van der Waals surface area contributed by atoms with Gasteiger partial charge in [0.15, 0.2) is 23.1 Å². The molecule has 5 nitrogen and oxygen atoms in total. The number of esters is 1. The fraction of sp³-hybridized carbons (Fsp3) is 0.158. The number of benzene rings is 2. The van der Waals surface area contributed by atoms with Gasteiger partial charge in [0.25, 0.3) is 0 Å². The van der Waals surface area contributed by atoms with E-state index in [2.05, 4.69) is 4.98 Å². The van der Waals surface area contributed by atoms with Gasteiger partial charge in [-0.1, -0.05) is 11.6 Å². The quantitative estimate of drug-likeness (QED) is 0.405. The molecule has 0 aliphatic carbocycles. The van der Waals surface area contributed by atoms with Crippen molar-refractivity contribution in [3.05, 3.63) is 63.6 Å². The van der Waals surface area contributed by atoms with Gasteiger partial charge in [-0.05, 0) is 30.3 Å². The maximum atomic E-state index is 13.3. The van der Waals surface area contributed by atoms with E-state index in [9.17, 15) is 13.6 Å². The van der Waals surface area contributed by atoms with E-state index in [1.54, 1.807) is 24.6 Å². The van der Waals surface area contributed by atoms with Crippen LogP contribution in [0, 0.1) is 11.6 Å². The van der Waals surface area contributed by atoms with Gasteiger partial charge >= 0.3 is 5.97 Å². The molecular weight excluding hydrogens is 412 g/mol. The van der Waals surface area contributed by atoms with Gasteiger partial charge < -0.3 is 14.2 Å². The lowest BCUT2D eigenvalue weighted by molar-refractivity contribution is 0.0468. The zero-order chi connectivity index (χ0) is 20.3. The van der Waals surface area contributed by atoms with Crippen molar-refractivity contribution in [3.8, 4) is 22.1 Å². The third-order valence-electron chi connectivity index (χ3n) is 3.76. The van der Waals surface area contributed by atoms with Gasteiger partial charge in [-0.15, -0.1) is 11.3 Å². The van der Waals surface area contributed by atoms with Crippen molar-refractivity contribution in [1.29, 1.82) is 0 Å². The van der Waals surface area contributed by atoms with Gasteiger partial charge in [-0.2, -0.15) is 0 Å². The highest BCUT2D eigenvalue weighted by Gasteiger charge is 2.17. The molecule has 0 saturated carbocycles. The first-order valence-electron chi connectivity index (χ1n) is 7.91. The van der Waals surface area contributed by atoms with Crippen LogP contribution < -0.4 is 9.47 Å². The molecule has 0 amide bonds. The van der Waals surface area contributed by atoms with Crippen LogP contribution in [0.5, 0.6) is 11.5 Å². The number of rotatable bonds is 6. The standard InChI is InChI=1S/C19H14ClF2NO4S/c1-25-16-4-3-10(5-17(16)26-2)18-23-11(9-28-18)8-27-19(24)12-6-14(21)15(22)7-13(12)20/h3-7,9H,8H2,1-2H3. The van der Waals surface area contributed by atoms with Gasteiger partial charge in [-0.3, -0.25) is 0 Å². The van der Waals surface area contributed by atoms with Gasteiger partial charge in [0, 0.05) is 10.9 Å². The van der Waals surface area contributed by atoms with Crippen LogP contribution in [0.4, 0.5) is 8.78 Å². The Labute approximate surface area is 168 Å². The van der Waals surface area contributed by atoms with E-state index in [0.717, 1.165) is 11.6 Å². The molecule has 0 N–H and O–H groups in total. The van der Waals surface area contributed by atoms with Crippen molar-refractivity contribution in [2.45, 2.75) is 6.61 Å². The molecule has 0 radical (unpaired) electrons. The van der Waals surface area contributed by atoms with E-state index < -0.39 is 17.6 Å². The molecule has 146 valence electrons. The number of methoxy groups -OCH3 is 2. The molecule has 9 heteroatoms. The van der Waals surface area contributed by atoms with E-state index >= 15 is 0 Å². The molecule has 0 aliphatic rings. The van der Waals surface area contributed by atoms with E-state index in [1.165, 1.54) is 18.4 Å². The summed E-state index contributed by atoms with van der Waals surface area (Å²) >= 11 is 7.13. The summed E-state index contributed by atoms with van der Waals surface area (Å²) in [6.45, 7) is -0.141. The number of carbonyl (C=O) groups is 1. The minimum absolute atomic E-state index is 0.141. The lowest BCUT2D eigenvalue weighted by atomic mass is 10.2. The van der Waals surface area contributed by atoms with Crippen molar-refractivity contribution in [2.75, 3.05) is 14.2 Å². The Morgan fingerprint density at radius 1 is 1.11 bits per heavy atom. The second kappa shape index (κ2) is 8.53. The first kappa shape index (κ1) is 20.0. The Bertz CT molecular complexity index is 1030. The Morgan fingerprint density at radius 2 is 1.82 bits per heavy atom. The predicted octanol–water partition coefficient (Wildman–Crippen LogP) is 5.12. The summed E-state index contributed by atoms with van der Waals surface area (Å²) in [7, 11) is 3.09. The summed E-state index contributed by atoms with van der Waals surface area (Å²) in [6.07, 6.45) is 0. The van der Waals surface area contributed by atoms with Crippen molar-refractivity contribution in [3.63, 3.8) is 0 Å². The van der Waals surface area contributed by atoms with E-state index in [1.807, 2.05) is 6.07 Å². The fourth-order valence-electron chi connectivity index (χ4n) is 2.37. The van der Waals surface area contributed by atoms with Crippen LogP contribution in [-0.2, 0) is 11.3 Å². The molecule has 0 aliphatic heterocycles. The van der Waals surface area contributed by atoms with Crippen molar-refractivity contribution < 1.29 is 27.8 Å². The normalized spacial score (nSPS) is 10.6. The van der Waals surface area contributed by atoms with Gasteiger partial charge in [0.05, 0.1) is 30.5 Å². The fourth-order valence-corrected chi connectivity index (χ4v) is 3.40. The average Bonchev–Trinajstić information content (AvgIpc) is 3.17. The highest BCUT2D eigenvalue weighted by atomic mass is 35.5. The molecule has 0 saturated heterocycles. The van der Waals surface area contributed by atoms with Crippen LogP contribution in [0.25, 0.3) is 10.6 Å². The van der Waals surface area contributed by atoms with E-state index in [4.69, 9.17) is 25.8 Å². The number of halogens is 3. The minimum Gasteiger partial charge on any atom is -0.493 e. The smallest absolute Gasteiger partial charge is 0.340 e. The summed E-state index contributed by atoms with van der Waals surface area (Å²) in [5.74, 6) is -2.03. The van der Waals surface area contributed by atoms with Crippen molar-refractivity contribution in [1.82, 2.24) is 4.98 Å². The van der Waals surface area contributed by atoms with Crippen LogP contribution in [0.2, 0.25) is 5.02 Å². The molecule has 0 spiro atoms. The molecule has 1 heterocycles. The second-order valence-electron chi connectivity index (χ2n) is 5.54. The third kappa shape index (κ3) is 4.23. The molecule has 3 rings (SSSR count). The molecule has 0 unspecified atom stereocenters. The molecule has 28 heavy (non-hydrogen) atoms. The average molecular weight is 426 g/mol. The maximum absolute atomic E-state index is 13.3. The lowest BCUT2D eigenvalue weighted by Gasteiger charge is -2.08. The minimum atomic E-state index is -1.18. The molecule has 3 aromatic rings. The van der Waals surface area contributed by atoms with Crippen molar-refractivity contribution >= 4 is 28.9 Å².